The number of rotatable bonds is 49. The topological polar surface area (TPSA) is 0 Å². The zero-order valence-corrected chi connectivity index (χ0v) is 52.7. The molecule has 1 nitrogen and oxygen atoms in total. The van der Waals surface area contributed by atoms with Gasteiger partial charge in [-0.15, -0.1) is 0 Å². The molecule has 0 radical (unpaired) electrons. The van der Waals surface area contributed by atoms with E-state index in [-0.39, 0.29) is 5.41 Å². The summed E-state index contributed by atoms with van der Waals surface area (Å²) in [5, 5.41) is 3.14. The Kier molecular flexibility index (Phi) is 37.5. The predicted molar refractivity (Wildman–Crippen MR) is 345 cm³/mol. The van der Waals surface area contributed by atoms with Crippen LogP contribution in [0.3, 0.4) is 0 Å². The fraction of sp³-hybridized carbons (Fsp3) is 0.667. The van der Waals surface area contributed by atoms with Gasteiger partial charge in [0.25, 0.3) is 0 Å². The monoisotopic (exact) mass is 1130 g/mol. The number of halogens is 4. The van der Waals surface area contributed by atoms with Crippen molar-refractivity contribution in [1.82, 2.24) is 0 Å². The third kappa shape index (κ3) is 27.1. The average Bonchev–Trinajstić information content (AvgIpc) is 3.46. The van der Waals surface area contributed by atoms with Crippen molar-refractivity contribution in [2.45, 2.75) is 289 Å². The number of quaternary nitrogens is 1. The van der Waals surface area contributed by atoms with Crippen molar-refractivity contribution in [2.24, 2.45) is 0 Å². The van der Waals surface area contributed by atoms with E-state index in [0.717, 1.165) is 32.9 Å². The zero-order chi connectivity index (χ0) is 54.9. The van der Waals surface area contributed by atoms with E-state index in [0.29, 0.717) is 6.04 Å². The van der Waals surface area contributed by atoms with Crippen LogP contribution in [0.4, 0.5) is 0 Å². The van der Waals surface area contributed by atoms with Gasteiger partial charge in [0.05, 0.1) is 19.6 Å². The Bertz CT molecular complexity index is 1800. The lowest BCUT2D eigenvalue weighted by Gasteiger charge is -2.46. The summed E-state index contributed by atoms with van der Waals surface area (Å²) in [7, 11) is 0. The highest BCUT2D eigenvalue weighted by atomic mass is 35.5. The first kappa shape index (κ1) is 67.5. The summed E-state index contributed by atoms with van der Waals surface area (Å²) in [5.74, 6) is 0. The molecule has 5 heteroatoms. The first-order valence-corrected chi connectivity index (χ1v) is 34.2. The zero-order valence-electron chi connectivity index (χ0n) is 49.7. The van der Waals surface area contributed by atoms with Gasteiger partial charge >= 0.3 is 0 Å². The molecule has 4 aromatic rings. The van der Waals surface area contributed by atoms with E-state index < -0.39 is 0 Å². The number of hydrogen-bond acceptors (Lipinski definition) is 0. The minimum absolute atomic E-state index is 0.331. The van der Waals surface area contributed by atoms with Gasteiger partial charge in [-0.05, 0) is 117 Å². The second kappa shape index (κ2) is 42.8. The van der Waals surface area contributed by atoms with E-state index in [1.54, 1.807) is 5.56 Å². The Morgan fingerprint density at radius 1 is 0.286 bits per heavy atom. The molecule has 0 bridgehead atoms. The Labute approximate surface area is 495 Å². The first-order chi connectivity index (χ1) is 37.8. The van der Waals surface area contributed by atoms with E-state index in [2.05, 4.69) is 81.4 Å². The minimum atomic E-state index is -0.331. The molecule has 0 heterocycles. The molecule has 1 atom stereocenters. The molecule has 4 aromatic carbocycles. The fourth-order valence-electron chi connectivity index (χ4n) is 12.9. The Morgan fingerprint density at radius 2 is 0.519 bits per heavy atom. The van der Waals surface area contributed by atoms with Crippen molar-refractivity contribution in [3.63, 3.8) is 0 Å². The maximum atomic E-state index is 6.68. The molecule has 77 heavy (non-hydrogen) atoms. The molecule has 0 aliphatic carbocycles. The van der Waals surface area contributed by atoms with Gasteiger partial charge in [-0.25, -0.2) is 0 Å². The lowest BCUT2D eigenvalue weighted by molar-refractivity contribution is -0.958. The molecule has 1 unspecified atom stereocenters. The molecule has 0 N–H and O–H groups in total. The molecular weight excluding hydrogens is 1020 g/mol. The maximum Gasteiger partial charge on any atom is 0.115 e. The van der Waals surface area contributed by atoms with Gasteiger partial charge in [-0.1, -0.05) is 315 Å². The normalized spacial score (nSPS) is 12.5. The van der Waals surface area contributed by atoms with Crippen LogP contribution < -0.4 is 0 Å². The smallest absolute Gasteiger partial charge is 0.115 e. The third-order valence-electron chi connectivity index (χ3n) is 17.6. The average molecular weight is 1130 g/mol. The summed E-state index contributed by atoms with van der Waals surface area (Å²) in [6.07, 6.45) is 54.6. The highest BCUT2D eigenvalue weighted by Gasteiger charge is 2.38. The van der Waals surface area contributed by atoms with Crippen molar-refractivity contribution < 1.29 is 4.48 Å². The van der Waals surface area contributed by atoms with Gasteiger partial charge in [0, 0.05) is 37.5 Å². The number of unbranched alkanes of at least 4 members (excludes halogenated alkanes) is 34. The molecule has 0 fully saturated rings. The Balaban J connectivity index is 1.42. The van der Waals surface area contributed by atoms with Crippen LogP contribution in [-0.4, -0.2) is 24.1 Å². The molecule has 0 saturated heterocycles. The Morgan fingerprint density at radius 3 is 0.805 bits per heavy atom. The van der Waals surface area contributed by atoms with E-state index in [9.17, 15) is 0 Å². The standard InChI is InChI=1S/C72H112Cl4N/c1-4-7-10-13-16-19-24-29-34-39-60-77(61-40-35-30-25-20-17-14-11-8-5-2,62-41-36-31-26-21-18-15-12-9-6-3)71(63-43-51-67(73)52-44-63)42-37-32-27-22-23-28-33-38-59-72(64-45-53-68(74)54-46-64,65-47-55-69(75)56-48-65)66-49-57-70(76)58-50-66/h43-58,71H,4-42,59-62H2,1-3H3/q+1. The van der Waals surface area contributed by atoms with Crippen LogP contribution in [0.2, 0.25) is 20.1 Å². The highest BCUT2D eigenvalue weighted by Crippen LogP contribution is 2.45. The van der Waals surface area contributed by atoms with Crippen LogP contribution in [0.15, 0.2) is 97.1 Å². The van der Waals surface area contributed by atoms with Crippen molar-refractivity contribution in [1.29, 1.82) is 0 Å². The first-order valence-electron chi connectivity index (χ1n) is 32.7. The number of nitrogens with zero attached hydrogens (tertiary/aromatic N) is 1. The van der Waals surface area contributed by atoms with Crippen molar-refractivity contribution in [3.05, 3.63) is 139 Å². The van der Waals surface area contributed by atoms with Gasteiger partial charge < -0.3 is 4.48 Å². The number of hydrogen-bond donors (Lipinski definition) is 0. The quantitative estimate of drug-likeness (QED) is 0.0235. The predicted octanol–water partition coefficient (Wildman–Crippen LogP) is 25.9. The fourth-order valence-corrected chi connectivity index (χ4v) is 13.4. The lowest BCUT2D eigenvalue weighted by Crippen LogP contribution is -2.52. The molecular formula is C72H112Cl4N+. The summed E-state index contributed by atoms with van der Waals surface area (Å²) < 4.78 is 1.30. The van der Waals surface area contributed by atoms with Gasteiger partial charge in [0.2, 0.25) is 0 Å². The van der Waals surface area contributed by atoms with Gasteiger partial charge in [-0.2, -0.15) is 0 Å². The van der Waals surface area contributed by atoms with E-state index in [1.807, 2.05) is 36.4 Å². The minimum Gasteiger partial charge on any atom is -0.317 e. The van der Waals surface area contributed by atoms with Crippen molar-refractivity contribution in [3.8, 4) is 0 Å². The second-order valence-corrected chi connectivity index (χ2v) is 25.5. The van der Waals surface area contributed by atoms with E-state index in [4.69, 9.17) is 46.4 Å². The summed E-state index contributed by atoms with van der Waals surface area (Å²) in [6.45, 7) is 11.0. The van der Waals surface area contributed by atoms with Gasteiger partial charge in [0.15, 0.2) is 0 Å². The Hall–Kier alpha value is -2.00. The van der Waals surface area contributed by atoms with Crippen molar-refractivity contribution >= 4 is 46.4 Å². The van der Waals surface area contributed by atoms with E-state index >= 15 is 0 Å². The van der Waals surface area contributed by atoms with Gasteiger partial charge in [0.1, 0.15) is 6.04 Å². The summed E-state index contributed by atoms with van der Waals surface area (Å²) in [4.78, 5) is 0. The molecule has 0 amide bonds. The van der Waals surface area contributed by atoms with E-state index in [1.165, 1.54) is 285 Å². The molecule has 4 rings (SSSR count). The van der Waals surface area contributed by atoms with Gasteiger partial charge in [-0.3, -0.25) is 0 Å². The lowest BCUT2D eigenvalue weighted by atomic mass is 9.66. The highest BCUT2D eigenvalue weighted by molar-refractivity contribution is 6.31. The van der Waals surface area contributed by atoms with Crippen LogP contribution in [0.5, 0.6) is 0 Å². The van der Waals surface area contributed by atoms with Crippen molar-refractivity contribution in [2.75, 3.05) is 19.6 Å². The van der Waals surface area contributed by atoms with Crippen LogP contribution >= 0.6 is 46.4 Å². The largest absolute Gasteiger partial charge is 0.317 e. The second-order valence-electron chi connectivity index (χ2n) is 23.8. The molecule has 0 spiro atoms. The molecule has 432 valence electrons. The van der Waals surface area contributed by atoms with Crippen LogP contribution in [0, 0.1) is 0 Å². The van der Waals surface area contributed by atoms with Crippen LogP contribution in [0.1, 0.15) is 306 Å². The third-order valence-corrected chi connectivity index (χ3v) is 18.6. The number of benzene rings is 4. The van der Waals surface area contributed by atoms with Crippen LogP contribution in [0.25, 0.3) is 0 Å². The molecule has 0 aliphatic rings. The van der Waals surface area contributed by atoms with Crippen LogP contribution in [-0.2, 0) is 5.41 Å². The summed E-state index contributed by atoms with van der Waals surface area (Å²) in [6, 6.07) is 35.2. The molecule has 0 aromatic heterocycles. The summed E-state index contributed by atoms with van der Waals surface area (Å²) in [5.41, 5.74) is 4.97. The summed E-state index contributed by atoms with van der Waals surface area (Å²) >= 11 is 26.1. The SMILES string of the molecule is CCCCCCCCCCCC[N+](CCCCCCCCCCCC)(CCCCCCCCCCCC)C(CCCCCCCCCCC(c1ccc(Cl)cc1)(c1ccc(Cl)cc1)c1ccc(Cl)cc1)c1ccc(Cl)cc1. The maximum absolute atomic E-state index is 6.68. The molecule has 0 aliphatic heterocycles. The molecule has 0 saturated carbocycles.